The zero-order valence-corrected chi connectivity index (χ0v) is 9.46. The van der Waals surface area contributed by atoms with E-state index in [2.05, 4.69) is 18.3 Å². The summed E-state index contributed by atoms with van der Waals surface area (Å²) in [6.45, 7) is 3.17. The van der Waals surface area contributed by atoms with E-state index in [1.165, 1.54) is 11.1 Å². The molecule has 2 rings (SSSR count). The third-order valence-corrected chi connectivity index (χ3v) is 2.98. The van der Waals surface area contributed by atoms with Crippen LogP contribution in [0.2, 0.25) is 0 Å². The Morgan fingerprint density at radius 2 is 2.07 bits per heavy atom. The second-order valence-electron chi connectivity index (χ2n) is 3.79. The number of methoxy groups -OCH3 is 2. The van der Waals surface area contributed by atoms with Crippen molar-refractivity contribution in [1.82, 2.24) is 5.32 Å². The Bertz CT molecular complexity index is 363. The van der Waals surface area contributed by atoms with Gasteiger partial charge in [0.15, 0.2) is 11.5 Å². The van der Waals surface area contributed by atoms with Gasteiger partial charge in [0.1, 0.15) is 0 Å². The summed E-state index contributed by atoms with van der Waals surface area (Å²) in [6.07, 6.45) is 1.00. The Balaban J connectivity index is 2.53. The van der Waals surface area contributed by atoms with Gasteiger partial charge in [0.25, 0.3) is 0 Å². The van der Waals surface area contributed by atoms with Crippen molar-refractivity contribution in [2.75, 3.05) is 20.8 Å². The van der Waals surface area contributed by atoms with Crippen molar-refractivity contribution in [3.63, 3.8) is 0 Å². The minimum Gasteiger partial charge on any atom is -0.493 e. The Morgan fingerprint density at radius 3 is 2.73 bits per heavy atom. The summed E-state index contributed by atoms with van der Waals surface area (Å²) in [7, 11) is 3.37. The molecule has 15 heavy (non-hydrogen) atoms. The van der Waals surface area contributed by atoms with E-state index in [0.717, 1.165) is 24.5 Å². The molecule has 0 fully saturated rings. The molecule has 1 aromatic rings. The quantitative estimate of drug-likeness (QED) is 0.803. The fourth-order valence-corrected chi connectivity index (χ4v) is 2.19. The number of hydrogen-bond donors (Lipinski definition) is 1. The molecule has 0 spiro atoms. The molecular formula is C12H17NO2. The normalized spacial score (nSPS) is 19.5. The van der Waals surface area contributed by atoms with Gasteiger partial charge in [-0.2, -0.15) is 0 Å². The van der Waals surface area contributed by atoms with Crippen LogP contribution in [0.4, 0.5) is 0 Å². The van der Waals surface area contributed by atoms with Crippen molar-refractivity contribution in [1.29, 1.82) is 0 Å². The van der Waals surface area contributed by atoms with Gasteiger partial charge in [-0.15, -0.1) is 0 Å². The molecule has 0 amide bonds. The molecule has 0 saturated heterocycles. The first-order valence-corrected chi connectivity index (χ1v) is 5.25. The van der Waals surface area contributed by atoms with Crippen LogP contribution < -0.4 is 14.8 Å². The first kappa shape index (κ1) is 10.3. The average Bonchev–Trinajstić information content (AvgIpc) is 2.28. The van der Waals surface area contributed by atoms with Crippen LogP contribution in [0.5, 0.6) is 11.5 Å². The van der Waals surface area contributed by atoms with E-state index in [1.54, 1.807) is 14.2 Å². The Hall–Kier alpha value is -1.22. The van der Waals surface area contributed by atoms with Crippen molar-refractivity contribution in [2.24, 2.45) is 0 Å². The molecule has 1 aliphatic rings. The van der Waals surface area contributed by atoms with Crippen LogP contribution in [0.1, 0.15) is 24.1 Å². The highest BCUT2D eigenvalue weighted by molar-refractivity contribution is 5.52. The molecule has 1 atom stereocenters. The molecule has 1 aliphatic heterocycles. The number of nitrogens with one attached hydrogen (secondary N) is 1. The molecule has 0 aromatic heterocycles. The lowest BCUT2D eigenvalue weighted by molar-refractivity contribution is 0.348. The summed E-state index contributed by atoms with van der Waals surface area (Å²) in [4.78, 5) is 0. The maximum absolute atomic E-state index is 5.43. The maximum atomic E-state index is 5.43. The second kappa shape index (κ2) is 4.11. The molecule has 1 unspecified atom stereocenters. The molecule has 82 valence electrons. The van der Waals surface area contributed by atoms with E-state index in [4.69, 9.17) is 9.47 Å². The predicted octanol–water partition coefficient (Wildman–Crippen LogP) is 1.91. The molecule has 0 radical (unpaired) electrons. The van der Waals surface area contributed by atoms with Crippen LogP contribution in [0.25, 0.3) is 0 Å². The van der Waals surface area contributed by atoms with Crippen LogP contribution in [0.15, 0.2) is 12.1 Å². The molecule has 0 bridgehead atoms. The van der Waals surface area contributed by atoms with Crippen LogP contribution in [0, 0.1) is 0 Å². The fourth-order valence-electron chi connectivity index (χ4n) is 2.19. The monoisotopic (exact) mass is 207 g/mol. The second-order valence-corrected chi connectivity index (χ2v) is 3.79. The van der Waals surface area contributed by atoms with Crippen LogP contribution in [-0.2, 0) is 6.42 Å². The lowest BCUT2D eigenvalue weighted by Crippen LogP contribution is -2.28. The number of fused-ring (bicyclic) bond motifs is 1. The van der Waals surface area contributed by atoms with Gasteiger partial charge < -0.3 is 14.8 Å². The topological polar surface area (TPSA) is 30.5 Å². The lowest BCUT2D eigenvalue weighted by Gasteiger charge is -2.26. The maximum Gasteiger partial charge on any atom is 0.164 e. The summed E-state index contributed by atoms with van der Waals surface area (Å²) in [5.41, 5.74) is 2.60. The first-order chi connectivity index (χ1) is 7.27. The highest BCUT2D eigenvalue weighted by atomic mass is 16.5. The molecule has 3 heteroatoms. The third-order valence-electron chi connectivity index (χ3n) is 2.98. The Morgan fingerprint density at radius 1 is 1.27 bits per heavy atom. The molecule has 3 nitrogen and oxygen atoms in total. The zero-order chi connectivity index (χ0) is 10.8. The number of rotatable bonds is 2. The van der Waals surface area contributed by atoms with Crippen LogP contribution >= 0.6 is 0 Å². The number of ether oxygens (including phenoxy) is 2. The van der Waals surface area contributed by atoms with E-state index < -0.39 is 0 Å². The van der Waals surface area contributed by atoms with Crippen LogP contribution in [0.3, 0.4) is 0 Å². The summed E-state index contributed by atoms with van der Waals surface area (Å²) < 4.78 is 10.7. The van der Waals surface area contributed by atoms with Crippen molar-refractivity contribution in [2.45, 2.75) is 19.4 Å². The highest BCUT2D eigenvalue weighted by Crippen LogP contribution is 2.37. The molecule has 1 aromatic carbocycles. The molecule has 0 aliphatic carbocycles. The zero-order valence-electron chi connectivity index (χ0n) is 9.46. The van der Waals surface area contributed by atoms with Crippen molar-refractivity contribution in [3.8, 4) is 11.5 Å². The molecule has 0 saturated carbocycles. The summed E-state index contributed by atoms with van der Waals surface area (Å²) >= 11 is 0. The van der Waals surface area contributed by atoms with Gasteiger partial charge in [-0.3, -0.25) is 0 Å². The van der Waals surface area contributed by atoms with E-state index in [9.17, 15) is 0 Å². The van der Waals surface area contributed by atoms with Gasteiger partial charge in [-0.05, 0) is 31.5 Å². The predicted molar refractivity (Wildman–Crippen MR) is 59.7 cm³/mol. The van der Waals surface area contributed by atoms with Gasteiger partial charge >= 0.3 is 0 Å². The molecular weight excluding hydrogens is 190 g/mol. The standard InChI is InChI=1S/C12H17NO2/c1-8-9-4-5-11(14-2)12(15-3)10(9)6-7-13-8/h4-5,8,13H,6-7H2,1-3H3. The van der Waals surface area contributed by atoms with Crippen molar-refractivity contribution >= 4 is 0 Å². The summed E-state index contributed by atoms with van der Waals surface area (Å²) in [6, 6.07) is 4.49. The first-order valence-electron chi connectivity index (χ1n) is 5.25. The molecule has 1 N–H and O–H groups in total. The van der Waals surface area contributed by atoms with E-state index in [-0.39, 0.29) is 0 Å². The van der Waals surface area contributed by atoms with Gasteiger partial charge in [-0.1, -0.05) is 6.07 Å². The van der Waals surface area contributed by atoms with Gasteiger partial charge in [-0.25, -0.2) is 0 Å². The van der Waals surface area contributed by atoms with E-state index >= 15 is 0 Å². The SMILES string of the molecule is COc1ccc2c(c1OC)CCNC2C. The van der Waals surface area contributed by atoms with Gasteiger partial charge in [0, 0.05) is 11.6 Å². The smallest absolute Gasteiger partial charge is 0.164 e. The fraction of sp³-hybridized carbons (Fsp3) is 0.500. The summed E-state index contributed by atoms with van der Waals surface area (Å²) in [5, 5.41) is 3.43. The summed E-state index contributed by atoms with van der Waals surface area (Å²) in [5.74, 6) is 1.72. The largest absolute Gasteiger partial charge is 0.493 e. The minimum absolute atomic E-state index is 0.397. The lowest BCUT2D eigenvalue weighted by atomic mass is 9.94. The third kappa shape index (κ3) is 1.67. The van der Waals surface area contributed by atoms with Gasteiger partial charge in [0.2, 0.25) is 0 Å². The number of hydrogen-bond acceptors (Lipinski definition) is 3. The number of benzene rings is 1. The Kier molecular flexibility index (Phi) is 2.82. The minimum atomic E-state index is 0.397. The van der Waals surface area contributed by atoms with Crippen molar-refractivity contribution < 1.29 is 9.47 Å². The van der Waals surface area contributed by atoms with E-state index in [1.807, 2.05) is 6.07 Å². The van der Waals surface area contributed by atoms with E-state index in [0.29, 0.717) is 6.04 Å². The average molecular weight is 207 g/mol. The van der Waals surface area contributed by atoms with Crippen LogP contribution in [-0.4, -0.2) is 20.8 Å². The Labute approximate surface area is 90.4 Å². The van der Waals surface area contributed by atoms with Crippen molar-refractivity contribution in [3.05, 3.63) is 23.3 Å². The van der Waals surface area contributed by atoms with Gasteiger partial charge in [0.05, 0.1) is 14.2 Å². The highest BCUT2D eigenvalue weighted by Gasteiger charge is 2.21. The molecule has 1 heterocycles.